The highest BCUT2D eigenvalue weighted by molar-refractivity contribution is 5.96. The highest BCUT2D eigenvalue weighted by atomic mass is 16.5. The van der Waals surface area contributed by atoms with Crippen LogP contribution in [0.1, 0.15) is 30.9 Å². The average molecular weight is 368 g/mol. The van der Waals surface area contributed by atoms with Crippen molar-refractivity contribution in [2.24, 2.45) is 0 Å². The summed E-state index contributed by atoms with van der Waals surface area (Å²) in [6.45, 7) is 7.42. The molecule has 3 rings (SSSR count). The molecule has 1 amide bonds. The normalized spacial score (nSPS) is 15.8. The summed E-state index contributed by atoms with van der Waals surface area (Å²) in [5.74, 6) is 0.822. The van der Waals surface area contributed by atoms with Crippen LogP contribution in [0.2, 0.25) is 0 Å². The summed E-state index contributed by atoms with van der Waals surface area (Å²) in [6.07, 6.45) is 2.07. The first-order valence-electron chi connectivity index (χ1n) is 9.50. The zero-order chi connectivity index (χ0) is 19.2. The third-order valence-corrected chi connectivity index (χ3v) is 4.73. The predicted molar refractivity (Wildman–Crippen MR) is 109 cm³/mol. The maximum atomic E-state index is 12.4. The van der Waals surface area contributed by atoms with Gasteiger partial charge in [-0.2, -0.15) is 0 Å². The molecule has 1 atom stereocenters. The van der Waals surface area contributed by atoms with Crippen LogP contribution in [-0.2, 0) is 9.53 Å². The summed E-state index contributed by atoms with van der Waals surface area (Å²) in [7, 11) is 0. The lowest BCUT2D eigenvalue weighted by Crippen LogP contribution is -2.31. The molecule has 27 heavy (non-hydrogen) atoms. The van der Waals surface area contributed by atoms with Crippen molar-refractivity contribution in [2.75, 3.05) is 23.8 Å². The number of nitrogens with one attached hydrogen (secondary N) is 2. The number of ether oxygens (including phenoxy) is 2. The Kier molecular flexibility index (Phi) is 6.35. The number of amides is 1. The topological polar surface area (TPSA) is 59.6 Å². The summed E-state index contributed by atoms with van der Waals surface area (Å²) >= 11 is 0. The first-order valence-corrected chi connectivity index (χ1v) is 9.50. The number of carbonyl (C=O) groups is 1. The van der Waals surface area contributed by atoms with Crippen LogP contribution < -0.4 is 15.4 Å². The zero-order valence-electron chi connectivity index (χ0n) is 16.2. The van der Waals surface area contributed by atoms with Gasteiger partial charge in [-0.3, -0.25) is 4.79 Å². The molecule has 1 aliphatic heterocycles. The Bertz CT molecular complexity index is 768. The molecule has 1 aliphatic rings. The van der Waals surface area contributed by atoms with E-state index in [1.165, 1.54) is 0 Å². The lowest BCUT2D eigenvalue weighted by molar-refractivity contribution is -0.116. The van der Waals surface area contributed by atoms with Gasteiger partial charge in [-0.25, -0.2) is 0 Å². The second-order valence-corrected chi connectivity index (χ2v) is 7.13. The second-order valence-electron chi connectivity index (χ2n) is 7.13. The Morgan fingerprint density at radius 2 is 1.74 bits per heavy atom. The van der Waals surface area contributed by atoms with Gasteiger partial charge in [-0.1, -0.05) is 17.7 Å². The second kappa shape index (κ2) is 8.91. The molecule has 0 aromatic heterocycles. The van der Waals surface area contributed by atoms with Crippen molar-refractivity contribution in [2.45, 2.75) is 45.8 Å². The smallest absolute Gasteiger partial charge is 0.246 e. The van der Waals surface area contributed by atoms with Gasteiger partial charge >= 0.3 is 0 Å². The fourth-order valence-electron chi connectivity index (χ4n) is 3.05. The molecule has 1 saturated heterocycles. The molecular weight excluding hydrogens is 340 g/mol. The van der Waals surface area contributed by atoms with Gasteiger partial charge < -0.3 is 20.1 Å². The number of carbonyl (C=O) groups excluding carboxylic acids is 1. The zero-order valence-corrected chi connectivity index (χ0v) is 16.2. The molecule has 0 aliphatic carbocycles. The molecule has 0 radical (unpaired) electrons. The molecule has 1 unspecified atom stereocenters. The van der Waals surface area contributed by atoms with Crippen molar-refractivity contribution < 1.29 is 14.3 Å². The number of benzene rings is 2. The Labute approximate surface area is 161 Å². The molecule has 0 bridgehead atoms. The molecule has 2 aromatic rings. The molecular formula is C22H28N2O3. The Balaban J connectivity index is 1.56. The lowest BCUT2D eigenvalue weighted by atomic mass is 10.1. The Morgan fingerprint density at radius 3 is 2.41 bits per heavy atom. The summed E-state index contributed by atoms with van der Waals surface area (Å²) in [5.41, 5.74) is 3.92. The van der Waals surface area contributed by atoms with Crippen LogP contribution in [0.4, 0.5) is 11.4 Å². The summed E-state index contributed by atoms with van der Waals surface area (Å²) in [6, 6.07) is 13.4. The third kappa shape index (κ3) is 5.47. The van der Waals surface area contributed by atoms with E-state index in [4.69, 9.17) is 9.47 Å². The minimum atomic E-state index is -0.354. The molecule has 0 saturated carbocycles. The van der Waals surface area contributed by atoms with Crippen LogP contribution in [0.25, 0.3) is 0 Å². The minimum absolute atomic E-state index is 0.0703. The Hall–Kier alpha value is -2.53. The van der Waals surface area contributed by atoms with Crippen LogP contribution >= 0.6 is 0 Å². The van der Waals surface area contributed by atoms with Crippen molar-refractivity contribution in [3.05, 3.63) is 53.6 Å². The number of hydrogen-bond acceptors (Lipinski definition) is 4. The molecule has 5 nitrogen and oxygen atoms in total. The van der Waals surface area contributed by atoms with Gasteiger partial charge in [-0.15, -0.1) is 0 Å². The van der Waals surface area contributed by atoms with E-state index in [1.54, 1.807) is 0 Å². The molecule has 1 fully saturated rings. The van der Waals surface area contributed by atoms with Crippen molar-refractivity contribution in [1.29, 1.82) is 0 Å². The van der Waals surface area contributed by atoms with E-state index in [2.05, 4.69) is 10.6 Å². The van der Waals surface area contributed by atoms with E-state index in [0.29, 0.717) is 0 Å². The molecule has 1 heterocycles. The van der Waals surface area contributed by atoms with Gasteiger partial charge in [0.2, 0.25) is 5.91 Å². The third-order valence-electron chi connectivity index (χ3n) is 4.73. The van der Waals surface area contributed by atoms with E-state index in [9.17, 15) is 4.79 Å². The predicted octanol–water partition coefficient (Wildman–Crippen LogP) is 4.30. The maximum Gasteiger partial charge on any atom is 0.246 e. The van der Waals surface area contributed by atoms with Gasteiger partial charge in [0.05, 0.1) is 13.2 Å². The van der Waals surface area contributed by atoms with Gasteiger partial charge in [0.1, 0.15) is 17.9 Å². The van der Waals surface area contributed by atoms with Crippen molar-refractivity contribution in [1.82, 2.24) is 0 Å². The first kappa shape index (κ1) is 19.2. The van der Waals surface area contributed by atoms with Crippen molar-refractivity contribution in [3.8, 4) is 5.75 Å². The van der Waals surface area contributed by atoms with Crippen LogP contribution in [0.3, 0.4) is 0 Å². The number of anilines is 2. The van der Waals surface area contributed by atoms with Gasteiger partial charge in [0.15, 0.2) is 0 Å². The Morgan fingerprint density at radius 1 is 1.07 bits per heavy atom. The van der Waals surface area contributed by atoms with Gasteiger partial charge in [0, 0.05) is 24.2 Å². The van der Waals surface area contributed by atoms with E-state index < -0.39 is 0 Å². The maximum absolute atomic E-state index is 12.4. The monoisotopic (exact) mass is 368 g/mol. The standard InChI is InChI=1S/C22H28N2O3/c1-15-4-6-18(7-5-15)24-22(25)17(3)23-19-8-9-21(16(2)14-19)27-20-10-12-26-13-11-20/h4-9,14,17,20,23H,10-13H2,1-3H3,(H,24,25). The average Bonchev–Trinajstić information content (AvgIpc) is 2.66. The highest BCUT2D eigenvalue weighted by Gasteiger charge is 2.17. The van der Waals surface area contributed by atoms with E-state index >= 15 is 0 Å². The molecule has 144 valence electrons. The fourth-order valence-corrected chi connectivity index (χ4v) is 3.05. The minimum Gasteiger partial charge on any atom is -0.490 e. The van der Waals surface area contributed by atoms with Gasteiger partial charge in [0.25, 0.3) is 0 Å². The summed E-state index contributed by atoms with van der Waals surface area (Å²) in [5, 5.41) is 6.19. The summed E-state index contributed by atoms with van der Waals surface area (Å²) < 4.78 is 11.5. The van der Waals surface area contributed by atoms with E-state index in [0.717, 1.165) is 54.3 Å². The lowest BCUT2D eigenvalue weighted by Gasteiger charge is -2.24. The molecule has 0 spiro atoms. The number of hydrogen-bond donors (Lipinski definition) is 2. The number of rotatable bonds is 6. The van der Waals surface area contributed by atoms with Gasteiger partial charge in [-0.05, 0) is 56.7 Å². The van der Waals surface area contributed by atoms with E-state index in [1.807, 2.05) is 63.2 Å². The molecule has 2 N–H and O–H groups in total. The first-order chi connectivity index (χ1) is 13.0. The molecule has 5 heteroatoms. The quantitative estimate of drug-likeness (QED) is 0.798. The van der Waals surface area contributed by atoms with Crippen LogP contribution in [0, 0.1) is 13.8 Å². The van der Waals surface area contributed by atoms with Crippen molar-refractivity contribution in [3.63, 3.8) is 0 Å². The van der Waals surface area contributed by atoms with Crippen LogP contribution in [0.5, 0.6) is 5.75 Å². The number of aryl methyl sites for hydroxylation is 2. The van der Waals surface area contributed by atoms with E-state index in [-0.39, 0.29) is 18.1 Å². The highest BCUT2D eigenvalue weighted by Crippen LogP contribution is 2.25. The largest absolute Gasteiger partial charge is 0.490 e. The summed E-state index contributed by atoms with van der Waals surface area (Å²) in [4.78, 5) is 12.4. The fraction of sp³-hybridized carbons (Fsp3) is 0.409. The molecule has 2 aromatic carbocycles. The SMILES string of the molecule is Cc1ccc(NC(=O)C(C)Nc2ccc(OC3CCOCC3)c(C)c2)cc1. The van der Waals surface area contributed by atoms with Crippen molar-refractivity contribution >= 4 is 17.3 Å². The van der Waals surface area contributed by atoms with Crippen LogP contribution in [-0.4, -0.2) is 31.3 Å². The van der Waals surface area contributed by atoms with Crippen LogP contribution in [0.15, 0.2) is 42.5 Å².